The first kappa shape index (κ1) is 24.7. The molecule has 2 heterocycles. The molecule has 2 amide bonds. The molecule has 0 spiro atoms. The highest BCUT2D eigenvalue weighted by Gasteiger charge is 2.27. The van der Waals surface area contributed by atoms with E-state index < -0.39 is 5.60 Å². The molecular formula is C26H36N2O5. The highest BCUT2D eigenvalue weighted by molar-refractivity contribution is 5.98. The number of carbonyl (C=O) groups excluding carboxylic acids is 2. The number of rotatable bonds is 4. The average Bonchev–Trinajstić information content (AvgIpc) is 3.03. The second-order valence-corrected chi connectivity index (χ2v) is 9.59. The van der Waals surface area contributed by atoms with Crippen molar-refractivity contribution >= 4 is 28.5 Å². The van der Waals surface area contributed by atoms with Crippen LogP contribution in [0.15, 0.2) is 16.6 Å². The van der Waals surface area contributed by atoms with Crippen molar-refractivity contribution in [1.82, 2.24) is 9.80 Å². The Morgan fingerprint density at radius 2 is 1.67 bits per heavy atom. The predicted molar refractivity (Wildman–Crippen MR) is 130 cm³/mol. The zero-order chi connectivity index (χ0) is 24.5. The van der Waals surface area contributed by atoms with Gasteiger partial charge in [0.25, 0.3) is 0 Å². The summed E-state index contributed by atoms with van der Waals surface area (Å²) in [5, 5.41) is 1.04. The smallest absolute Gasteiger partial charge is 0.410 e. The Balaban J connectivity index is 1.80. The van der Waals surface area contributed by atoms with Crippen LogP contribution in [0.2, 0.25) is 0 Å². The maximum absolute atomic E-state index is 13.0. The van der Waals surface area contributed by atoms with Gasteiger partial charge in [-0.1, -0.05) is 0 Å². The van der Waals surface area contributed by atoms with Crippen molar-refractivity contribution in [3.8, 4) is 5.75 Å². The van der Waals surface area contributed by atoms with Gasteiger partial charge in [-0.05, 0) is 72.6 Å². The molecule has 0 radical (unpaired) electrons. The van der Waals surface area contributed by atoms with Crippen LogP contribution in [0.5, 0.6) is 5.75 Å². The highest BCUT2D eigenvalue weighted by Crippen LogP contribution is 2.39. The maximum atomic E-state index is 13.0. The average molecular weight is 457 g/mol. The third-order valence-corrected chi connectivity index (χ3v) is 5.94. The molecule has 0 bridgehead atoms. The van der Waals surface area contributed by atoms with Gasteiger partial charge in [0.15, 0.2) is 0 Å². The van der Waals surface area contributed by atoms with Gasteiger partial charge in [0.1, 0.15) is 22.7 Å². The van der Waals surface area contributed by atoms with Crippen LogP contribution >= 0.6 is 0 Å². The molecule has 1 aliphatic heterocycles. The number of allylic oxidation sites excluding steroid dienone is 1. The Morgan fingerprint density at radius 1 is 1.06 bits per heavy atom. The summed E-state index contributed by atoms with van der Waals surface area (Å²) in [6.07, 6.45) is 1.33. The quantitative estimate of drug-likeness (QED) is 0.589. The summed E-state index contributed by atoms with van der Waals surface area (Å²) in [5.41, 5.74) is 4.05. The van der Waals surface area contributed by atoms with Gasteiger partial charge in [0, 0.05) is 48.8 Å². The fourth-order valence-electron chi connectivity index (χ4n) is 4.03. The van der Waals surface area contributed by atoms with Gasteiger partial charge < -0.3 is 23.7 Å². The Kier molecular flexibility index (Phi) is 7.10. The molecular weight excluding hydrogens is 420 g/mol. The molecule has 1 aromatic heterocycles. The van der Waals surface area contributed by atoms with Gasteiger partial charge in [0.05, 0.1) is 6.61 Å². The molecule has 0 saturated carbocycles. The van der Waals surface area contributed by atoms with Crippen LogP contribution in [0.25, 0.3) is 16.5 Å². The first-order valence-electron chi connectivity index (χ1n) is 11.5. The minimum absolute atomic E-state index is 0.0726. The van der Waals surface area contributed by atoms with Crippen molar-refractivity contribution in [2.45, 2.75) is 61.0 Å². The van der Waals surface area contributed by atoms with Crippen LogP contribution < -0.4 is 4.74 Å². The fraction of sp³-hybridized carbons (Fsp3) is 0.538. The number of piperazine rings is 1. The molecule has 0 unspecified atom stereocenters. The van der Waals surface area contributed by atoms with Gasteiger partial charge >= 0.3 is 6.09 Å². The molecule has 7 nitrogen and oxygen atoms in total. The second-order valence-electron chi connectivity index (χ2n) is 9.59. The Bertz CT molecular complexity index is 1080. The predicted octanol–water partition coefficient (Wildman–Crippen LogP) is 5.24. The minimum Gasteiger partial charge on any atom is -0.493 e. The summed E-state index contributed by atoms with van der Waals surface area (Å²) in [4.78, 5) is 28.7. The molecule has 7 heteroatoms. The lowest BCUT2D eigenvalue weighted by molar-refractivity contribution is -0.127. The summed E-state index contributed by atoms with van der Waals surface area (Å²) >= 11 is 0. The lowest BCUT2D eigenvalue weighted by Gasteiger charge is -2.35. The number of hydrogen-bond acceptors (Lipinski definition) is 5. The Hall–Kier alpha value is -2.96. The lowest BCUT2D eigenvalue weighted by atomic mass is 9.98. The molecule has 0 N–H and O–H groups in total. The minimum atomic E-state index is -0.534. The molecule has 1 saturated heterocycles. The van der Waals surface area contributed by atoms with E-state index in [0.29, 0.717) is 32.8 Å². The van der Waals surface area contributed by atoms with Crippen LogP contribution in [0.4, 0.5) is 4.79 Å². The number of amides is 2. The lowest BCUT2D eigenvalue weighted by Crippen LogP contribution is -2.51. The second kappa shape index (κ2) is 9.49. The van der Waals surface area contributed by atoms with Gasteiger partial charge in [-0.15, -0.1) is 0 Å². The topological polar surface area (TPSA) is 72.2 Å². The molecule has 0 atom stereocenters. The van der Waals surface area contributed by atoms with E-state index in [0.717, 1.165) is 44.7 Å². The van der Waals surface area contributed by atoms with Crippen molar-refractivity contribution in [2.24, 2.45) is 0 Å². The molecule has 2 aromatic rings. The third kappa shape index (κ3) is 5.34. The van der Waals surface area contributed by atoms with E-state index in [1.54, 1.807) is 15.9 Å². The first-order valence-corrected chi connectivity index (χ1v) is 11.5. The number of benzene rings is 1. The third-order valence-electron chi connectivity index (χ3n) is 5.94. The van der Waals surface area contributed by atoms with Crippen molar-refractivity contribution in [3.63, 3.8) is 0 Å². The van der Waals surface area contributed by atoms with Gasteiger partial charge in [0.2, 0.25) is 5.91 Å². The summed E-state index contributed by atoms with van der Waals surface area (Å²) in [6.45, 7) is 17.8. The largest absolute Gasteiger partial charge is 0.493 e. The number of hydrogen-bond donors (Lipinski definition) is 0. The van der Waals surface area contributed by atoms with E-state index in [1.165, 1.54) is 0 Å². The number of ether oxygens (including phenoxy) is 2. The van der Waals surface area contributed by atoms with Crippen LogP contribution in [-0.4, -0.2) is 60.2 Å². The van der Waals surface area contributed by atoms with Crippen molar-refractivity contribution < 1.29 is 23.5 Å². The number of nitrogens with zero attached hydrogens (tertiary/aromatic N) is 2. The number of furan rings is 1. The first-order chi connectivity index (χ1) is 15.4. The van der Waals surface area contributed by atoms with E-state index in [-0.39, 0.29) is 12.0 Å². The van der Waals surface area contributed by atoms with E-state index in [9.17, 15) is 9.59 Å². The monoisotopic (exact) mass is 456 g/mol. The Morgan fingerprint density at radius 3 is 2.24 bits per heavy atom. The van der Waals surface area contributed by atoms with Crippen LogP contribution in [0.1, 0.15) is 57.1 Å². The zero-order valence-corrected chi connectivity index (χ0v) is 21.1. The molecule has 3 rings (SSSR count). The summed E-state index contributed by atoms with van der Waals surface area (Å²) in [5.74, 6) is 1.56. The maximum Gasteiger partial charge on any atom is 0.410 e. The van der Waals surface area contributed by atoms with E-state index in [1.807, 2.05) is 55.4 Å². The standard InChI is InChI=1S/C26H36N2O5/c1-9-31-23-18(4)24-21(17(3)19(5)32-24)15-20(23)16(2)14-22(29)27-10-12-28(13-11-27)25(30)33-26(6,7)8/h14-15H,9-13H2,1-8H3/b16-14+. The zero-order valence-electron chi connectivity index (χ0n) is 21.1. The van der Waals surface area contributed by atoms with Crippen molar-refractivity contribution in [3.05, 3.63) is 34.6 Å². The van der Waals surface area contributed by atoms with E-state index in [4.69, 9.17) is 13.9 Å². The highest BCUT2D eigenvalue weighted by atomic mass is 16.6. The fourth-order valence-corrected chi connectivity index (χ4v) is 4.03. The van der Waals surface area contributed by atoms with Crippen LogP contribution in [0, 0.1) is 20.8 Å². The van der Waals surface area contributed by atoms with Crippen molar-refractivity contribution in [1.29, 1.82) is 0 Å². The molecule has 1 fully saturated rings. The van der Waals surface area contributed by atoms with Crippen LogP contribution in [0.3, 0.4) is 0 Å². The summed E-state index contributed by atoms with van der Waals surface area (Å²) in [7, 11) is 0. The summed E-state index contributed by atoms with van der Waals surface area (Å²) < 4.78 is 17.4. The number of carbonyl (C=O) groups is 2. The molecule has 1 aliphatic rings. The van der Waals surface area contributed by atoms with E-state index >= 15 is 0 Å². The summed E-state index contributed by atoms with van der Waals surface area (Å²) in [6, 6.07) is 2.05. The van der Waals surface area contributed by atoms with E-state index in [2.05, 4.69) is 6.07 Å². The molecule has 33 heavy (non-hydrogen) atoms. The molecule has 1 aromatic carbocycles. The molecule has 180 valence electrons. The van der Waals surface area contributed by atoms with Crippen LogP contribution in [-0.2, 0) is 9.53 Å². The van der Waals surface area contributed by atoms with Gasteiger partial charge in [-0.25, -0.2) is 4.79 Å². The Labute approximate surface area is 196 Å². The normalized spacial score (nSPS) is 15.2. The van der Waals surface area contributed by atoms with Gasteiger partial charge in [-0.2, -0.15) is 0 Å². The number of aryl methyl sites for hydroxylation is 3. The number of fused-ring (bicyclic) bond motifs is 1. The van der Waals surface area contributed by atoms with Gasteiger partial charge in [-0.3, -0.25) is 4.79 Å². The SMILES string of the molecule is CCOc1c(/C(C)=C/C(=O)N2CCN(C(=O)OC(C)(C)C)CC2)cc2c(C)c(C)oc2c1C. The molecule has 0 aliphatic carbocycles. The van der Waals surface area contributed by atoms with Crippen molar-refractivity contribution in [2.75, 3.05) is 32.8 Å².